The predicted octanol–water partition coefficient (Wildman–Crippen LogP) is 0.908. The number of rotatable bonds is 4. The van der Waals surface area contributed by atoms with Gasteiger partial charge in [0, 0.05) is 37.7 Å². The Balaban J connectivity index is 1.53. The maximum atomic E-state index is 5.54. The van der Waals surface area contributed by atoms with Gasteiger partial charge in [0.15, 0.2) is 12.3 Å². The Morgan fingerprint density at radius 3 is 1.87 bits per heavy atom. The minimum atomic E-state index is 0.227. The van der Waals surface area contributed by atoms with E-state index in [-0.39, 0.29) is 10.9 Å². The SMILES string of the molecule is C1CSC(OSOC2CNCCS2)CN1. The van der Waals surface area contributed by atoms with E-state index in [1.807, 2.05) is 23.5 Å². The summed E-state index contributed by atoms with van der Waals surface area (Å²) >= 11 is 4.83. The Hall–Kier alpha value is 0.890. The maximum absolute atomic E-state index is 5.54. The first-order chi connectivity index (χ1) is 7.45. The van der Waals surface area contributed by atoms with Crippen molar-refractivity contribution in [3.8, 4) is 0 Å². The van der Waals surface area contributed by atoms with Crippen molar-refractivity contribution < 1.29 is 8.37 Å². The second kappa shape index (κ2) is 7.26. The fourth-order valence-corrected chi connectivity index (χ4v) is 3.83. The Morgan fingerprint density at radius 1 is 0.933 bits per heavy atom. The van der Waals surface area contributed by atoms with Crippen LogP contribution in [0.5, 0.6) is 0 Å². The highest BCUT2D eigenvalue weighted by atomic mass is 32.2. The first kappa shape index (κ1) is 12.3. The van der Waals surface area contributed by atoms with E-state index in [0.717, 1.165) is 50.0 Å². The summed E-state index contributed by atoms with van der Waals surface area (Å²) in [6.45, 7) is 3.99. The Kier molecular flexibility index (Phi) is 5.98. The zero-order valence-electron chi connectivity index (χ0n) is 8.44. The van der Waals surface area contributed by atoms with Gasteiger partial charge in [-0.2, -0.15) is 0 Å². The van der Waals surface area contributed by atoms with Gasteiger partial charge in [-0.3, -0.25) is 8.37 Å². The molecule has 2 fully saturated rings. The first-order valence-electron chi connectivity index (χ1n) is 5.08. The maximum Gasteiger partial charge on any atom is 0.161 e. The van der Waals surface area contributed by atoms with Gasteiger partial charge in [0.1, 0.15) is 10.9 Å². The van der Waals surface area contributed by atoms with Crippen LogP contribution in [0, 0.1) is 0 Å². The van der Waals surface area contributed by atoms with Crippen molar-refractivity contribution in [2.45, 2.75) is 10.9 Å². The summed E-state index contributed by atoms with van der Waals surface area (Å²) in [5.41, 5.74) is 0.454. The topological polar surface area (TPSA) is 42.5 Å². The van der Waals surface area contributed by atoms with Crippen LogP contribution in [-0.2, 0) is 8.37 Å². The van der Waals surface area contributed by atoms with Crippen LogP contribution < -0.4 is 10.6 Å². The van der Waals surface area contributed by atoms with Gasteiger partial charge in [0.25, 0.3) is 0 Å². The second-order valence-electron chi connectivity index (χ2n) is 3.27. The van der Waals surface area contributed by atoms with Gasteiger partial charge >= 0.3 is 0 Å². The first-order valence-corrected chi connectivity index (χ1v) is 7.85. The molecule has 2 saturated heterocycles. The van der Waals surface area contributed by atoms with Gasteiger partial charge in [-0.25, -0.2) is 0 Å². The molecule has 4 nitrogen and oxygen atoms in total. The highest BCUT2D eigenvalue weighted by Gasteiger charge is 2.18. The lowest BCUT2D eigenvalue weighted by Gasteiger charge is -2.24. The van der Waals surface area contributed by atoms with Crippen LogP contribution in [-0.4, -0.2) is 48.6 Å². The highest BCUT2D eigenvalue weighted by Crippen LogP contribution is 2.25. The number of hydrogen-bond acceptors (Lipinski definition) is 7. The molecule has 2 rings (SSSR count). The van der Waals surface area contributed by atoms with Gasteiger partial charge in [0.05, 0.1) is 0 Å². The average Bonchev–Trinajstić information content (AvgIpc) is 2.32. The van der Waals surface area contributed by atoms with Crippen molar-refractivity contribution in [3.63, 3.8) is 0 Å². The quantitative estimate of drug-likeness (QED) is 0.735. The Morgan fingerprint density at radius 2 is 1.47 bits per heavy atom. The lowest BCUT2D eigenvalue weighted by molar-refractivity contribution is 0.247. The molecule has 7 heteroatoms. The number of hydrogen-bond donors (Lipinski definition) is 2. The van der Waals surface area contributed by atoms with E-state index in [1.165, 1.54) is 0 Å². The van der Waals surface area contributed by atoms with E-state index < -0.39 is 0 Å². The molecule has 0 aromatic heterocycles. The van der Waals surface area contributed by atoms with Gasteiger partial charge in [0.2, 0.25) is 0 Å². The van der Waals surface area contributed by atoms with E-state index >= 15 is 0 Å². The van der Waals surface area contributed by atoms with Gasteiger partial charge in [-0.05, 0) is 0 Å². The third-order valence-corrected chi connectivity index (χ3v) is 5.09. The van der Waals surface area contributed by atoms with E-state index in [1.54, 1.807) is 0 Å². The minimum absolute atomic E-state index is 0.227. The molecule has 2 N–H and O–H groups in total. The summed E-state index contributed by atoms with van der Waals surface area (Å²) in [5.74, 6) is 2.23. The largest absolute Gasteiger partial charge is 0.312 e. The summed E-state index contributed by atoms with van der Waals surface area (Å²) in [6.07, 6.45) is 0. The smallest absolute Gasteiger partial charge is 0.161 e. The highest BCUT2D eigenvalue weighted by molar-refractivity contribution is 8.01. The second-order valence-corrected chi connectivity index (χ2v) is 6.33. The average molecular weight is 268 g/mol. The van der Waals surface area contributed by atoms with Crippen LogP contribution in [0.15, 0.2) is 0 Å². The summed E-state index contributed by atoms with van der Waals surface area (Å²) in [5, 5.41) is 6.58. The van der Waals surface area contributed by atoms with Crippen LogP contribution in [0.2, 0.25) is 0 Å². The molecule has 0 spiro atoms. The third kappa shape index (κ3) is 4.72. The molecule has 0 amide bonds. The molecule has 2 aliphatic rings. The Bertz CT molecular complexity index is 157. The molecular formula is C8H16N2O2S3. The van der Waals surface area contributed by atoms with Gasteiger partial charge in [-0.15, -0.1) is 23.5 Å². The van der Waals surface area contributed by atoms with E-state index in [4.69, 9.17) is 8.37 Å². The van der Waals surface area contributed by atoms with Crippen molar-refractivity contribution in [1.29, 1.82) is 0 Å². The van der Waals surface area contributed by atoms with Crippen molar-refractivity contribution in [2.24, 2.45) is 0 Å². The van der Waals surface area contributed by atoms with Gasteiger partial charge < -0.3 is 10.6 Å². The molecule has 0 saturated carbocycles. The van der Waals surface area contributed by atoms with Crippen LogP contribution in [0.4, 0.5) is 0 Å². The molecule has 2 atom stereocenters. The molecule has 15 heavy (non-hydrogen) atoms. The standard InChI is InChI=1S/C8H16N2O2S3/c1-3-13-7(5-9-1)11-15-12-8-6-10-2-4-14-8/h7-10H,1-6H2. The van der Waals surface area contributed by atoms with E-state index in [9.17, 15) is 0 Å². The fraction of sp³-hybridized carbons (Fsp3) is 1.00. The molecule has 0 bridgehead atoms. The monoisotopic (exact) mass is 268 g/mol. The van der Waals surface area contributed by atoms with E-state index in [0.29, 0.717) is 0 Å². The van der Waals surface area contributed by atoms with Crippen LogP contribution in [0.1, 0.15) is 0 Å². The van der Waals surface area contributed by atoms with Crippen molar-refractivity contribution in [2.75, 3.05) is 37.7 Å². The molecule has 0 aromatic rings. The van der Waals surface area contributed by atoms with Crippen LogP contribution in [0.25, 0.3) is 0 Å². The van der Waals surface area contributed by atoms with E-state index in [2.05, 4.69) is 10.6 Å². The third-order valence-electron chi connectivity index (χ3n) is 2.08. The summed E-state index contributed by atoms with van der Waals surface area (Å²) in [6, 6.07) is 0. The molecule has 2 unspecified atom stereocenters. The summed E-state index contributed by atoms with van der Waals surface area (Å²) in [4.78, 5) is 0. The lowest BCUT2D eigenvalue weighted by atomic mass is 10.6. The van der Waals surface area contributed by atoms with Crippen LogP contribution >= 0.6 is 35.8 Å². The zero-order chi connectivity index (χ0) is 10.3. The van der Waals surface area contributed by atoms with Crippen molar-refractivity contribution >= 4 is 35.8 Å². The molecule has 0 radical (unpaired) electrons. The molecular weight excluding hydrogens is 252 g/mol. The Labute approximate surface area is 103 Å². The molecule has 0 aliphatic carbocycles. The lowest BCUT2D eigenvalue weighted by Crippen LogP contribution is -2.34. The normalized spacial score (nSPS) is 32.8. The summed E-state index contributed by atoms with van der Waals surface area (Å²) in [7, 11) is 0. The number of nitrogens with one attached hydrogen (secondary N) is 2. The molecule has 0 aromatic carbocycles. The van der Waals surface area contributed by atoms with Gasteiger partial charge in [-0.1, -0.05) is 0 Å². The van der Waals surface area contributed by atoms with Crippen LogP contribution in [0.3, 0.4) is 0 Å². The van der Waals surface area contributed by atoms with Crippen molar-refractivity contribution in [3.05, 3.63) is 0 Å². The molecule has 2 heterocycles. The summed E-state index contributed by atoms with van der Waals surface area (Å²) < 4.78 is 11.1. The molecule has 2 aliphatic heterocycles. The molecule has 88 valence electrons. The fourth-order valence-electron chi connectivity index (χ4n) is 1.32. The van der Waals surface area contributed by atoms with Crippen molar-refractivity contribution in [1.82, 2.24) is 10.6 Å². The number of thioether (sulfide) groups is 2. The predicted molar refractivity (Wildman–Crippen MR) is 68.0 cm³/mol. The zero-order valence-corrected chi connectivity index (χ0v) is 10.9. The minimum Gasteiger partial charge on any atom is -0.312 e.